The highest BCUT2D eigenvalue weighted by atomic mass is 79.9. The number of nitrogens with zero attached hydrogens (tertiary/aromatic N) is 2. The molecule has 0 N–H and O–H groups in total. The molecule has 0 saturated carbocycles. The van der Waals surface area contributed by atoms with Gasteiger partial charge in [-0.2, -0.15) is 5.10 Å². The summed E-state index contributed by atoms with van der Waals surface area (Å²) in [6.45, 7) is 1.60. The summed E-state index contributed by atoms with van der Waals surface area (Å²) in [7, 11) is 1.88. The van der Waals surface area contributed by atoms with Crippen molar-refractivity contribution in [3.63, 3.8) is 0 Å². The molecule has 0 aliphatic rings. The molecule has 0 bridgehead atoms. The third-order valence-electron chi connectivity index (χ3n) is 1.68. The summed E-state index contributed by atoms with van der Waals surface area (Å²) in [6, 6.07) is 1.93. The molecule has 66 valence electrons. The standard InChI is InChI=1S/C8H11BrN2O/c1-6(12)3-4-7-5-8(9)10-11(7)2/h5H,3-4H2,1-2H3. The van der Waals surface area contributed by atoms with Gasteiger partial charge in [0.1, 0.15) is 10.4 Å². The van der Waals surface area contributed by atoms with E-state index in [2.05, 4.69) is 21.0 Å². The number of carbonyl (C=O) groups excluding carboxylic acids is 1. The first kappa shape index (κ1) is 9.45. The van der Waals surface area contributed by atoms with Crippen LogP contribution in [0.5, 0.6) is 0 Å². The molecule has 3 nitrogen and oxygen atoms in total. The fourth-order valence-corrected chi connectivity index (χ4v) is 1.51. The van der Waals surface area contributed by atoms with Gasteiger partial charge in [0.15, 0.2) is 0 Å². The zero-order valence-corrected chi connectivity index (χ0v) is 8.76. The molecule has 0 fully saturated rings. The molecule has 1 aromatic rings. The van der Waals surface area contributed by atoms with Gasteiger partial charge in [0.05, 0.1) is 0 Å². The molecular weight excluding hydrogens is 220 g/mol. The molecule has 12 heavy (non-hydrogen) atoms. The summed E-state index contributed by atoms with van der Waals surface area (Å²) < 4.78 is 2.61. The summed E-state index contributed by atoms with van der Waals surface area (Å²) in [5, 5.41) is 4.11. The SMILES string of the molecule is CC(=O)CCc1cc(Br)nn1C. The smallest absolute Gasteiger partial charge is 0.130 e. The lowest BCUT2D eigenvalue weighted by atomic mass is 10.2. The van der Waals surface area contributed by atoms with Crippen LogP contribution in [0.3, 0.4) is 0 Å². The quantitative estimate of drug-likeness (QED) is 0.793. The van der Waals surface area contributed by atoms with Gasteiger partial charge in [0, 0.05) is 19.2 Å². The van der Waals surface area contributed by atoms with Crippen molar-refractivity contribution in [3.05, 3.63) is 16.4 Å². The molecule has 0 saturated heterocycles. The molecule has 0 aliphatic carbocycles. The van der Waals surface area contributed by atoms with Crippen LogP contribution in [-0.4, -0.2) is 15.6 Å². The maximum atomic E-state index is 10.7. The van der Waals surface area contributed by atoms with Crippen molar-refractivity contribution in [3.8, 4) is 0 Å². The van der Waals surface area contributed by atoms with Crippen LogP contribution in [0.2, 0.25) is 0 Å². The van der Waals surface area contributed by atoms with E-state index >= 15 is 0 Å². The van der Waals surface area contributed by atoms with E-state index in [0.717, 1.165) is 16.7 Å². The lowest BCUT2D eigenvalue weighted by Crippen LogP contribution is -2.00. The van der Waals surface area contributed by atoms with Crippen molar-refractivity contribution in [1.82, 2.24) is 9.78 Å². The number of carbonyl (C=O) groups is 1. The van der Waals surface area contributed by atoms with Gasteiger partial charge in [-0.05, 0) is 35.3 Å². The van der Waals surface area contributed by atoms with Crippen molar-refractivity contribution in [2.75, 3.05) is 0 Å². The van der Waals surface area contributed by atoms with Gasteiger partial charge in [-0.3, -0.25) is 4.68 Å². The van der Waals surface area contributed by atoms with Crippen LogP contribution < -0.4 is 0 Å². The van der Waals surface area contributed by atoms with Gasteiger partial charge >= 0.3 is 0 Å². The summed E-state index contributed by atoms with van der Waals surface area (Å²) >= 11 is 3.27. The molecule has 0 unspecified atom stereocenters. The fourth-order valence-electron chi connectivity index (χ4n) is 1.01. The average molecular weight is 231 g/mol. The summed E-state index contributed by atoms with van der Waals surface area (Å²) in [4.78, 5) is 10.7. The Kier molecular flexibility index (Phi) is 3.03. The molecule has 0 radical (unpaired) electrons. The van der Waals surface area contributed by atoms with E-state index in [1.54, 1.807) is 11.6 Å². The van der Waals surface area contributed by atoms with E-state index in [1.165, 1.54) is 0 Å². The monoisotopic (exact) mass is 230 g/mol. The van der Waals surface area contributed by atoms with Crippen LogP contribution in [0, 0.1) is 0 Å². The average Bonchev–Trinajstić information content (AvgIpc) is 2.26. The zero-order chi connectivity index (χ0) is 9.14. The molecule has 1 heterocycles. The Morgan fingerprint density at radius 1 is 1.75 bits per heavy atom. The van der Waals surface area contributed by atoms with E-state index in [1.807, 2.05) is 13.1 Å². The number of hydrogen-bond acceptors (Lipinski definition) is 2. The molecule has 0 aliphatic heterocycles. The summed E-state index contributed by atoms with van der Waals surface area (Å²) in [5.41, 5.74) is 1.08. The van der Waals surface area contributed by atoms with E-state index < -0.39 is 0 Å². The maximum absolute atomic E-state index is 10.7. The molecule has 1 aromatic heterocycles. The normalized spacial score (nSPS) is 10.2. The predicted octanol–water partition coefficient (Wildman–Crippen LogP) is 1.70. The number of rotatable bonds is 3. The van der Waals surface area contributed by atoms with E-state index in [9.17, 15) is 4.79 Å². The minimum Gasteiger partial charge on any atom is -0.300 e. The highest BCUT2D eigenvalue weighted by Crippen LogP contribution is 2.10. The number of aromatic nitrogens is 2. The molecule has 0 aromatic carbocycles. The van der Waals surface area contributed by atoms with Crippen LogP contribution in [0.25, 0.3) is 0 Å². The molecule has 0 spiro atoms. The Morgan fingerprint density at radius 2 is 2.42 bits per heavy atom. The minimum absolute atomic E-state index is 0.215. The largest absolute Gasteiger partial charge is 0.300 e. The number of aryl methyl sites for hydroxylation is 2. The Morgan fingerprint density at radius 3 is 2.83 bits per heavy atom. The Labute approximate surface area is 79.9 Å². The van der Waals surface area contributed by atoms with Gasteiger partial charge < -0.3 is 4.79 Å². The Bertz CT molecular complexity index is 293. The third kappa shape index (κ3) is 2.44. The van der Waals surface area contributed by atoms with Crippen molar-refractivity contribution >= 4 is 21.7 Å². The van der Waals surface area contributed by atoms with Crippen LogP contribution in [-0.2, 0) is 18.3 Å². The Hall–Kier alpha value is -0.640. The number of halogens is 1. The number of Topliss-reactive ketones (excluding diaryl/α,β-unsaturated/α-hetero) is 1. The topological polar surface area (TPSA) is 34.9 Å². The van der Waals surface area contributed by atoms with Gasteiger partial charge in [-0.25, -0.2) is 0 Å². The van der Waals surface area contributed by atoms with Crippen molar-refractivity contribution in [2.24, 2.45) is 7.05 Å². The summed E-state index contributed by atoms with van der Waals surface area (Å²) in [6.07, 6.45) is 1.36. The minimum atomic E-state index is 0.215. The lowest BCUT2D eigenvalue weighted by Gasteiger charge is -1.97. The molecule has 0 amide bonds. The van der Waals surface area contributed by atoms with Gasteiger partial charge in [-0.15, -0.1) is 0 Å². The fraction of sp³-hybridized carbons (Fsp3) is 0.500. The first-order chi connectivity index (χ1) is 5.59. The van der Waals surface area contributed by atoms with Crippen molar-refractivity contribution in [1.29, 1.82) is 0 Å². The van der Waals surface area contributed by atoms with Gasteiger partial charge in [-0.1, -0.05) is 0 Å². The van der Waals surface area contributed by atoms with E-state index in [-0.39, 0.29) is 5.78 Å². The van der Waals surface area contributed by atoms with Crippen LogP contribution in [0.4, 0.5) is 0 Å². The first-order valence-corrected chi connectivity index (χ1v) is 4.56. The highest BCUT2D eigenvalue weighted by molar-refractivity contribution is 9.10. The van der Waals surface area contributed by atoms with Crippen molar-refractivity contribution in [2.45, 2.75) is 19.8 Å². The summed E-state index contributed by atoms with van der Waals surface area (Å²) in [5.74, 6) is 0.215. The first-order valence-electron chi connectivity index (χ1n) is 3.77. The molecule has 1 rings (SSSR count). The van der Waals surface area contributed by atoms with Crippen LogP contribution in [0.1, 0.15) is 19.0 Å². The van der Waals surface area contributed by atoms with Crippen LogP contribution >= 0.6 is 15.9 Å². The number of hydrogen-bond donors (Lipinski definition) is 0. The van der Waals surface area contributed by atoms with E-state index in [4.69, 9.17) is 0 Å². The Balaban J connectivity index is 2.62. The second-order valence-corrected chi connectivity index (χ2v) is 3.60. The second-order valence-electron chi connectivity index (χ2n) is 2.78. The predicted molar refractivity (Wildman–Crippen MR) is 49.9 cm³/mol. The molecule has 4 heteroatoms. The highest BCUT2D eigenvalue weighted by Gasteiger charge is 2.03. The zero-order valence-electron chi connectivity index (χ0n) is 7.17. The van der Waals surface area contributed by atoms with E-state index in [0.29, 0.717) is 6.42 Å². The third-order valence-corrected chi connectivity index (χ3v) is 2.07. The molecular formula is C8H11BrN2O. The second kappa shape index (κ2) is 3.85. The maximum Gasteiger partial charge on any atom is 0.130 e. The van der Waals surface area contributed by atoms with Crippen LogP contribution in [0.15, 0.2) is 10.7 Å². The van der Waals surface area contributed by atoms with Gasteiger partial charge in [0.25, 0.3) is 0 Å². The molecule has 0 atom stereocenters. The van der Waals surface area contributed by atoms with Crippen molar-refractivity contribution < 1.29 is 4.79 Å². The number of ketones is 1. The lowest BCUT2D eigenvalue weighted by molar-refractivity contribution is -0.117. The van der Waals surface area contributed by atoms with Gasteiger partial charge in [0.2, 0.25) is 0 Å².